The predicted octanol–water partition coefficient (Wildman–Crippen LogP) is 0.329. The summed E-state index contributed by atoms with van der Waals surface area (Å²) in [5.74, 6) is -0.0197. The van der Waals surface area contributed by atoms with E-state index in [0.29, 0.717) is 11.0 Å². The summed E-state index contributed by atoms with van der Waals surface area (Å²) < 4.78 is 59.0. The molecule has 2 unspecified atom stereocenters. The summed E-state index contributed by atoms with van der Waals surface area (Å²) in [6, 6.07) is 0. The summed E-state index contributed by atoms with van der Waals surface area (Å²) in [7, 11) is -15.4. The lowest BCUT2D eigenvalue weighted by Crippen LogP contribution is -2.46. The largest absolute Gasteiger partial charge is 0.490 e. The second-order valence-electron chi connectivity index (χ2n) is 7.43. The van der Waals surface area contributed by atoms with Gasteiger partial charge in [0.2, 0.25) is 5.95 Å². The van der Waals surface area contributed by atoms with Crippen LogP contribution in [0.25, 0.3) is 11.0 Å². The molecule has 0 aliphatic carbocycles. The Morgan fingerprint density at radius 1 is 1.21 bits per heavy atom. The number of aliphatic hydroxyl groups excluding tert-OH is 1. The molecule has 0 aromatic carbocycles. The van der Waals surface area contributed by atoms with Gasteiger partial charge in [0.1, 0.15) is 23.5 Å². The first-order valence-electron chi connectivity index (χ1n) is 9.25. The van der Waals surface area contributed by atoms with Gasteiger partial charge in [0.15, 0.2) is 6.23 Å². The highest BCUT2D eigenvalue weighted by Gasteiger charge is 2.55. The zero-order chi connectivity index (χ0) is 25.7. The van der Waals surface area contributed by atoms with Crippen LogP contribution in [0, 0.1) is 6.92 Å². The maximum Gasteiger partial charge on any atom is 0.490 e. The molecule has 2 aromatic rings. The highest BCUT2D eigenvalue weighted by molar-refractivity contribution is 7.66. The molecule has 1 aliphatic rings. The van der Waals surface area contributed by atoms with Gasteiger partial charge in [-0.1, -0.05) is 0 Å². The van der Waals surface area contributed by atoms with Gasteiger partial charge in [0, 0.05) is 24.9 Å². The van der Waals surface area contributed by atoms with Gasteiger partial charge in [-0.2, -0.15) is 13.6 Å². The highest BCUT2D eigenvalue weighted by Crippen LogP contribution is 2.66. The molecule has 2 aromatic heterocycles. The monoisotopic (exact) mass is 548 g/mol. The molecule has 0 spiro atoms. The number of methoxy groups -OCH3 is 1. The molecule has 3 rings (SSSR count). The van der Waals surface area contributed by atoms with Gasteiger partial charge >= 0.3 is 23.5 Å². The summed E-state index contributed by atoms with van der Waals surface area (Å²) in [6.07, 6.45) is -0.694. The molecule has 34 heavy (non-hydrogen) atoms. The maximum absolute atomic E-state index is 12.0. The van der Waals surface area contributed by atoms with E-state index in [4.69, 9.17) is 25.0 Å². The van der Waals surface area contributed by atoms with E-state index in [-0.39, 0.29) is 5.95 Å². The van der Waals surface area contributed by atoms with Crippen LogP contribution in [0.2, 0.25) is 0 Å². The van der Waals surface area contributed by atoms with Crippen LogP contribution in [-0.2, 0) is 36.3 Å². The topological polar surface area (TPSA) is 255 Å². The van der Waals surface area contributed by atoms with E-state index in [2.05, 4.69) is 23.1 Å². The molecule has 0 bridgehead atoms. The van der Waals surface area contributed by atoms with Crippen molar-refractivity contribution in [3.8, 4) is 0 Å². The number of ether oxygens (including phenoxy) is 2. The number of aliphatic hydroxyl groups is 1. The third-order valence-electron chi connectivity index (χ3n) is 5.03. The van der Waals surface area contributed by atoms with Crippen LogP contribution in [-0.4, -0.2) is 70.7 Å². The van der Waals surface area contributed by atoms with Gasteiger partial charge in [-0.3, -0.25) is 4.52 Å². The minimum absolute atomic E-state index is 0.0197. The Kier molecular flexibility index (Phi) is 7.47. The fourth-order valence-corrected chi connectivity index (χ4v) is 6.46. The Morgan fingerprint density at radius 2 is 1.85 bits per heavy atom. The van der Waals surface area contributed by atoms with Crippen LogP contribution in [0.15, 0.2) is 12.4 Å². The average molecular weight is 548 g/mol. The number of aromatic nitrogens is 3. The summed E-state index contributed by atoms with van der Waals surface area (Å²) in [5.41, 5.74) is 5.36. The first-order valence-corrected chi connectivity index (χ1v) is 13.8. The van der Waals surface area contributed by atoms with Gasteiger partial charge < -0.3 is 44.5 Å². The lowest BCUT2D eigenvalue weighted by molar-refractivity contribution is -0.118. The van der Waals surface area contributed by atoms with Crippen molar-refractivity contribution in [3.05, 3.63) is 18.0 Å². The molecule has 20 heteroatoms. The van der Waals surface area contributed by atoms with E-state index < -0.39 is 54.1 Å². The summed E-state index contributed by atoms with van der Waals surface area (Å²) in [6.45, 7) is 2.41. The maximum atomic E-state index is 12.0. The van der Waals surface area contributed by atoms with Gasteiger partial charge in [-0.05, 0) is 19.4 Å². The van der Waals surface area contributed by atoms with Gasteiger partial charge in [-0.15, -0.1) is 0 Å². The normalized spacial score (nSPS) is 29.2. The third-order valence-corrected chi connectivity index (χ3v) is 8.84. The Labute approximate surface area is 191 Å². The van der Waals surface area contributed by atoms with Crippen LogP contribution in [0.5, 0.6) is 0 Å². The fraction of sp³-hybridized carbons (Fsp3) is 0.571. The molecule has 17 nitrogen and oxygen atoms in total. The standard InChI is InChI=1S/C14H23N4O13P3/c1-7-5-18(11-8(7)4-16-13(15)17-11)12-14(2,27-3)10(19)9(29-12)6-28-33(23,24)31-34(25,26)30-32(20,21)22/h4-5,9-10,12,19H,6H2,1-3H3,(H,23,24)(H,25,26)(H2,15,16,17)(H2,20,21,22)/t9-,10-,12-,14-/m1/s1. The molecule has 1 aliphatic heterocycles. The van der Waals surface area contributed by atoms with E-state index in [1.54, 1.807) is 13.1 Å². The highest BCUT2D eigenvalue weighted by atomic mass is 31.3. The molecule has 7 N–H and O–H groups in total. The second-order valence-corrected chi connectivity index (χ2v) is 11.9. The number of anilines is 1. The zero-order valence-corrected chi connectivity index (χ0v) is 20.5. The zero-order valence-electron chi connectivity index (χ0n) is 17.9. The van der Waals surface area contributed by atoms with E-state index in [1.165, 1.54) is 24.8 Å². The van der Waals surface area contributed by atoms with E-state index in [9.17, 15) is 28.6 Å². The number of hydrogen-bond donors (Lipinski definition) is 6. The van der Waals surface area contributed by atoms with E-state index in [1.807, 2.05) is 0 Å². The van der Waals surface area contributed by atoms with Crippen molar-refractivity contribution in [2.75, 3.05) is 19.5 Å². The molecule has 192 valence electrons. The second kappa shape index (κ2) is 9.30. The van der Waals surface area contributed by atoms with E-state index in [0.717, 1.165) is 5.56 Å². The summed E-state index contributed by atoms with van der Waals surface area (Å²) in [4.78, 5) is 44.2. The molecule has 3 heterocycles. The molecule has 0 radical (unpaired) electrons. The average Bonchev–Trinajstić information content (AvgIpc) is 3.12. The predicted molar refractivity (Wildman–Crippen MR) is 112 cm³/mol. The quantitative estimate of drug-likeness (QED) is 0.231. The van der Waals surface area contributed by atoms with Gasteiger partial charge in [0.25, 0.3) is 0 Å². The van der Waals surface area contributed by atoms with Crippen LogP contribution in [0.3, 0.4) is 0 Å². The Bertz CT molecular complexity index is 1220. The van der Waals surface area contributed by atoms with Crippen molar-refractivity contribution in [2.24, 2.45) is 0 Å². The van der Waals surface area contributed by atoms with Crippen LogP contribution >= 0.6 is 23.5 Å². The molecule has 1 saturated heterocycles. The fourth-order valence-electron chi connectivity index (χ4n) is 3.43. The van der Waals surface area contributed by atoms with Crippen molar-refractivity contribution in [1.29, 1.82) is 0 Å². The minimum atomic E-state index is -5.69. The van der Waals surface area contributed by atoms with Crippen molar-refractivity contribution in [1.82, 2.24) is 14.5 Å². The molecule has 1 fully saturated rings. The van der Waals surface area contributed by atoms with Crippen LogP contribution in [0.1, 0.15) is 18.7 Å². The number of hydrogen-bond acceptors (Lipinski definition) is 12. The molecule has 0 amide bonds. The SMILES string of the molecule is CO[C@]1(C)[C@H](O)[C@@H](COP(=O)(O)OP(=O)(O)OP(=O)(O)O)O[C@H]1n1cc(C)c2cnc(N)nc21. The number of aryl methyl sites for hydroxylation is 1. The van der Waals surface area contributed by atoms with Crippen molar-refractivity contribution >= 4 is 40.4 Å². The van der Waals surface area contributed by atoms with Crippen molar-refractivity contribution in [3.63, 3.8) is 0 Å². The van der Waals surface area contributed by atoms with Gasteiger partial charge in [0.05, 0.1) is 6.61 Å². The smallest absolute Gasteiger partial charge is 0.387 e. The molecule has 6 atom stereocenters. The minimum Gasteiger partial charge on any atom is -0.387 e. The molecular weight excluding hydrogens is 525 g/mol. The lowest BCUT2D eigenvalue weighted by atomic mass is 9.96. The summed E-state index contributed by atoms with van der Waals surface area (Å²) in [5, 5.41) is 11.5. The Balaban J connectivity index is 1.82. The number of nitrogens with zero attached hydrogens (tertiary/aromatic N) is 3. The number of fused-ring (bicyclic) bond motifs is 1. The van der Waals surface area contributed by atoms with Crippen LogP contribution in [0.4, 0.5) is 5.95 Å². The van der Waals surface area contributed by atoms with Crippen molar-refractivity contribution < 1.29 is 61.0 Å². The molecule has 0 saturated carbocycles. The number of nitrogens with two attached hydrogens (primary N) is 1. The van der Waals surface area contributed by atoms with Crippen LogP contribution < -0.4 is 5.73 Å². The number of rotatable bonds is 9. The van der Waals surface area contributed by atoms with Crippen molar-refractivity contribution in [2.45, 2.75) is 37.9 Å². The number of nitrogen functional groups attached to an aromatic ring is 1. The lowest BCUT2D eigenvalue weighted by Gasteiger charge is -2.32. The number of phosphoric ester groups is 1. The first kappa shape index (κ1) is 27.3. The first-order chi connectivity index (χ1) is 15.5. The Hall–Kier alpha value is -1.29. The molecular formula is C14H23N4O13P3. The number of phosphoric acid groups is 3. The van der Waals surface area contributed by atoms with E-state index >= 15 is 0 Å². The summed E-state index contributed by atoms with van der Waals surface area (Å²) >= 11 is 0. The van der Waals surface area contributed by atoms with Gasteiger partial charge in [-0.25, -0.2) is 18.7 Å². The Morgan fingerprint density at radius 3 is 2.44 bits per heavy atom. The third kappa shape index (κ3) is 5.74.